The van der Waals surface area contributed by atoms with E-state index in [0.717, 1.165) is 18.5 Å². The minimum absolute atomic E-state index is 0.00000567. The molecule has 1 saturated heterocycles. The van der Waals surface area contributed by atoms with E-state index in [0.29, 0.717) is 25.1 Å². The Bertz CT molecular complexity index is 628. The number of aliphatic hydroxyl groups is 1. The van der Waals surface area contributed by atoms with Crippen molar-refractivity contribution in [2.75, 3.05) is 6.54 Å². The van der Waals surface area contributed by atoms with Crippen LogP contribution in [0, 0.1) is 12.8 Å². The fourth-order valence-electron chi connectivity index (χ4n) is 4.12. The van der Waals surface area contributed by atoms with Crippen molar-refractivity contribution < 1.29 is 14.6 Å². The van der Waals surface area contributed by atoms with Crippen molar-refractivity contribution in [2.24, 2.45) is 5.92 Å². The number of ether oxygens (including phenoxy) is 1. The minimum Gasteiger partial charge on any atom is -0.444 e. The van der Waals surface area contributed by atoms with Crippen LogP contribution in [0.2, 0.25) is 0 Å². The van der Waals surface area contributed by atoms with E-state index in [2.05, 4.69) is 9.97 Å². The molecule has 132 valence electrons. The Morgan fingerprint density at radius 3 is 2.71 bits per heavy atom. The molecule has 0 radical (unpaired) electrons. The van der Waals surface area contributed by atoms with Crippen LogP contribution in [0.15, 0.2) is 12.4 Å². The van der Waals surface area contributed by atoms with E-state index >= 15 is 0 Å². The van der Waals surface area contributed by atoms with Gasteiger partial charge < -0.3 is 14.7 Å². The van der Waals surface area contributed by atoms with Crippen LogP contribution in [0.4, 0.5) is 4.79 Å². The molecule has 0 aromatic carbocycles. The Morgan fingerprint density at radius 1 is 1.33 bits per heavy atom. The van der Waals surface area contributed by atoms with Crippen LogP contribution < -0.4 is 0 Å². The average Bonchev–Trinajstić information content (AvgIpc) is 2.82. The van der Waals surface area contributed by atoms with Gasteiger partial charge in [0.25, 0.3) is 0 Å². The van der Waals surface area contributed by atoms with Gasteiger partial charge in [-0.25, -0.2) is 4.79 Å². The zero-order chi connectivity index (χ0) is 17.5. The molecule has 1 aliphatic heterocycles. The smallest absolute Gasteiger partial charge is 0.410 e. The number of carbonyl (C=O) groups excluding carboxylic acids is 1. The van der Waals surface area contributed by atoms with Crippen molar-refractivity contribution >= 4 is 6.09 Å². The molecule has 1 aliphatic carbocycles. The monoisotopic (exact) mass is 333 g/mol. The van der Waals surface area contributed by atoms with Crippen molar-refractivity contribution in [3.63, 3.8) is 0 Å². The number of likely N-dealkylation sites (tertiary alicyclic amines) is 1. The summed E-state index contributed by atoms with van der Waals surface area (Å²) in [5.41, 5.74) is -0.135. The van der Waals surface area contributed by atoms with Crippen molar-refractivity contribution in [1.82, 2.24) is 14.9 Å². The molecule has 3 unspecified atom stereocenters. The summed E-state index contributed by atoms with van der Waals surface area (Å²) in [6.07, 6.45) is 6.05. The topological polar surface area (TPSA) is 75.6 Å². The van der Waals surface area contributed by atoms with E-state index < -0.39 is 11.2 Å². The van der Waals surface area contributed by atoms with E-state index in [-0.39, 0.29) is 18.1 Å². The first-order valence-corrected chi connectivity index (χ1v) is 8.70. The maximum Gasteiger partial charge on any atom is 0.410 e. The van der Waals surface area contributed by atoms with Gasteiger partial charge in [-0.05, 0) is 52.9 Å². The summed E-state index contributed by atoms with van der Waals surface area (Å²) < 4.78 is 5.56. The van der Waals surface area contributed by atoms with Gasteiger partial charge in [-0.1, -0.05) is 0 Å². The molecule has 1 aromatic rings. The van der Waals surface area contributed by atoms with E-state index in [1.807, 2.05) is 32.6 Å². The normalized spacial score (nSPS) is 30.1. The number of carbonyl (C=O) groups is 1. The predicted molar refractivity (Wildman–Crippen MR) is 89.4 cm³/mol. The number of amides is 1. The molecular formula is C18H27N3O3. The second-order valence-corrected chi connectivity index (χ2v) is 8.07. The number of piperidine rings is 1. The second-order valence-electron chi connectivity index (χ2n) is 8.07. The van der Waals surface area contributed by atoms with E-state index in [1.54, 1.807) is 12.4 Å². The second kappa shape index (κ2) is 5.99. The molecule has 3 rings (SSSR count). The van der Waals surface area contributed by atoms with Crippen molar-refractivity contribution in [3.8, 4) is 0 Å². The van der Waals surface area contributed by atoms with E-state index in [9.17, 15) is 9.90 Å². The Balaban J connectivity index is 1.83. The molecule has 6 nitrogen and oxygen atoms in total. The molecule has 1 aromatic heterocycles. The highest BCUT2D eigenvalue weighted by Crippen LogP contribution is 2.47. The van der Waals surface area contributed by atoms with Crippen LogP contribution >= 0.6 is 0 Å². The molecule has 3 atom stereocenters. The highest BCUT2D eigenvalue weighted by molar-refractivity contribution is 5.69. The van der Waals surface area contributed by atoms with Gasteiger partial charge in [0.1, 0.15) is 11.2 Å². The summed E-state index contributed by atoms with van der Waals surface area (Å²) in [6.45, 7) is 8.18. The Labute approximate surface area is 143 Å². The van der Waals surface area contributed by atoms with Crippen LogP contribution in [0.5, 0.6) is 0 Å². The van der Waals surface area contributed by atoms with Gasteiger partial charge in [-0.3, -0.25) is 9.97 Å². The van der Waals surface area contributed by atoms with Crippen LogP contribution in [-0.2, 0) is 10.3 Å². The maximum absolute atomic E-state index is 12.6. The third-order valence-electron chi connectivity index (χ3n) is 5.02. The summed E-state index contributed by atoms with van der Waals surface area (Å²) in [4.78, 5) is 23.0. The van der Waals surface area contributed by atoms with E-state index in [4.69, 9.17) is 4.74 Å². The molecule has 2 heterocycles. The lowest BCUT2D eigenvalue weighted by Crippen LogP contribution is -2.48. The summed E-state index contributed by atoms with van der Waals surface area (Å²) >= 11 is 0. The maximum atomic E-state index is 12.6. The minimum atomic E-state index is -1.02. The molecule has 2 fully saturated rings. The SMILES string of the molecule is Cc1nccnc1C1(O)CC2CCCN(C(=O)OC(C)(C)C)C2C1. The number of aromatic nitrogens is 2. The first kappa shape index (κ1) is 17.1. The van der Waals surface area contributed by atoms with Crippen LogP contribution in [0.25, 0.3) is 0 Å². The van der Waals surface area contributed by atoms with Gasteiger partial charge in [0, 0.05) is 31.4 Å². The fourth-order valence-corrected chi connectivity index (χ4v) is 4.12. The highest BCUT2D eigenvalue weighted by atomic mass is 16.6. The van der Waals surface area contributed by atoms with Gasteiger partial charge in [0.15, 0.2) is 0 Å². The van der Waals surface area contributed by atoms with Crippen LogP contribution in [-0.4, -0.2) is 44.3 Å². The number of fused-ring (bicyclic) bond motifs is 1. The molecule has 0 spiro atoms. The van der Waals surface area contributed by atoms with Crippen molar-refractivity contribution in [2.45, 2.75) is 70.6 Å². The summed E-state index contributed by atoms with van der Waals surface area (Å²) in [6, 6.07) is 0.00000567. The standard InChI is InChI=1S/C18H27N3O3/c1-12-15(20-8-7-19-12)18(23)10-13-6-5-9-21(14(13)11-18)16(22)24-17(2,3)4/h7-8,13-14,23H,5-6,9-11H2,1-4H3. The van der Waals surface area contributed by atoms with Gasteiger partial charge in [0.05, 0.1) is 11.4 Å². The van der Waals surface area contributed by atoms with Crippen LogP contribution in [0.3, 0.4) is 0 Å². The Kier molecular flexibility index (Phi) is 4.28. The Hall–Kier alpha value is -1.69. The summed E-state index contributed by atoms with van der Waals surface area (Å²) in [5, 5.41) is 11.2. The van der Waals surface area contributed by atoms with Gasteiger partial charge in [-0.15, -0.1) is 0 Å². The lowest BCUT2D eigenvalue weighted by molar-refractivity contribution is 0.000459. The first-order valence-electron chi connectivity index (χ1n) is 8.70. The highest BCUT2D eigenvalue weighted by Gasteiger charge is 2.51. The summed E-state index contributed by atoms with van der Waals surface area (Å²) in [5.74, 6) is 0.276. The molecule has 1 saturated carbocycles. The molecule has 0 bridgehead atoms. The van der Waals surface area contributed by atoms with Gasteiger partial charge in [-0.2, -0.15) is 0 Å². The van der Waals surface area contributed by atoms with Crippen molar-refractivity contribution in [3.05, 3.63) is 23.8 Å². The zero-order valence-electron chi connectivity index (χ0n) is 15.0. The van der Waals surface area contributed by atoms with Gasteiger partial charge >= 0.3 is 6.09 Å². The average molecular weight is 333 g/mol. The quantitative estimate of drug-likeness (QED) is 0.855. The molecule has 6 heteroatoms. The molecule has 1 N–H and O–H groups in total. The molecule has 2 aliphatic rings. The van der Waals surface area contributed by atoms with Gasteiger partial charge in [0.2, 0.25) is 0 Å². The largest absolute Gasteiger partial charge is 0.444 e. The van der Waals surface area contributed by atoms with Crippen molar-refractivity contribution in [1.29, 1.82) is 0 Å². The fraction of sp³-hybridized carbons (Fsp3) is 0.722. The first-order chi connectivity index (χ1) is 11.2. The third kappa shape index (κ3) is 3.24. The van der Waals surface area contributed by atoms with E-state index in [1.165, 1.54) is 0 Å². The third-order valence-corrected chi connectivity index (χ3v) is 5.02. The predicted octanol–water partition coefficient (Wildman–Crippen LogP) is 2.78. The van der Waals surface area contributed by atoms with Crippen LogP contribution in [0.1, 0.15) is 57.8 Å². The number of nitrogens with zero attached hydrogens (tertiary/aromatic N) is 3. The molecule has 24 heavy (non-hydrogen) atoms. The summed E-state index contributed by atoms with van der Waals surface area (Å²) in [7, 11) is 0. The number of hydrogen-bond acceptors (Lipinski definition) is 5. The molecular weight excluding hydrogens is 306 g/mol. The lowest BCUT2D eigenvalue weighted by Gasteiger charge is -2.38. The number of rotatable bonds is 1. The zero-order valence-corrected chi connectivity index (χ0v) is 15.0. The number of aryl methyl sites for hydroxylation is 1. The number of hydrogen-bond donors (Lipinski definition) is 1. The molecule has 1 amide bonds. The lowest BCUT2D eigenvalue weighted by atomic mass is 9.91. The Morgan fingerprint density at radius 2 is 2.04 bits per heavy atom.